The van der Waals surface area contributed by atoms with Gasteiger partial charge in [-0.1, -0.05) is 38.1 Å². The third-order valence-corrected chi connectivity index (χ3v) is 4.20. The molecule has 1 aliphatic carbocycles. The predicted molar refractivity (Wildman–Crippen MR) is 89.3 cm³/mol. The number of aromatic nitrogens is 1. The Hall–Kier alpha value is -2.14. The second-order valence-electron chi connectivity index (χ2n) is 7.31. The maximum atomic E-state index is 12.2. The molecular formula is C18H23N3O2. The van der Waals surface area contributed by atoms with E-state index in [9.17, 15) is 4.79 Å². The van der Waals surface area contributed by atoms with Crippen LogP contribution in [0.3, 0.4) is 0 Å². The van der Waals surface area contributed by atoms with Crippen LogP contribution in [0.4, 0.5) is 5.69 Å². The molecule has 5 nitrogen and oxygen atoms in total. The summed E-state index contributed by atoms with van der Waals surface area (Å²) in [6.45, 7) is 6.32. The molecule has 1 aromatic carbocycles. The molecule has 3 rings (SSSR count). The number of anilines is 1. The van der Waals surface area contributed by atoms with Gasteiger partial charge in [-0.2, -0.15) is 0 Å². The van der Waals surface area contributed by atoms with Crippen molar-refractivity contribution >= 4 is 11.6 Å². The summed E-state index contributed by atoms with van der Waals surface area (Å²) in [5, 5.41) is 6.68. The lowest BCUT2D eigenvalue weighted by Crippen LogP contribution is -2.26. The Bertz CT molecular complexity index is 694. The predicted octanol–water partition coefficient (Wildman–Crippen LogP) is 3.85. The lowest BCUT2D eigenvalue weighted by Gasteiger charge is -2.27. The van der Waals surface area contributed by atoms with Gasteiger partial charge < -0.3 is 15.6 Å². The average Bonchev–Trinajstić information content (AvgIpc) is 3.23. The standard InChI is InChI=1S/C18H23N3O2/c1-18(2,3)16(19)12-6-8-13(9-7-12)20-17(22)14-10-15(23-21-14)11-4-5-11/h6-11,16H,4-5,19H2,1-3H3,(H,20,22). The van der Waals surface area contributed by atoms with Crippen molar-refractivity contribution in [3.63, 3.8) is 0 Å². The van der Waals surface area contributed by atoms with Crippen molar-refractivity contribution in [3.8, 4) is 0 Å². The number of nitrogens with zero attached hydrogens (tertiary/aromatic N) is 1. The van der Waals surface area contributed by atoms with E-state index in [1.165, 1.54) is 0 Å². The first-order valence-corrected chi connectivity index (χ1v) is 7.98. The molecule has 0 saturated heterocycles. The number of hydrogen-bond acceptors (Lipinski definition) is 4. The minimum Gasteiger partial charge on any atom is -0.360 e. The molecule has 1 atom stereocenters. The van der Waals surface area contributed by atoms with Crippen LogP contribution in [0.15, 0.2) is 34.9 Å². The molecular weight excluding hydrogens is 290 g/mol. The number of nitrogens with one attached hydrogen (secondary N) is 1. The summed E-state index contributed by atoms with van der Waals surface area (Å²) in [5.41, 5.74) is 8.32. The molecule has 2 aromatic rings. The van der Waals surface area contributed by atoms with Gasteiger partial charge in [-0.3, -0.25) is 4.79 Å². The Balaban J connectivity index is 1.66. The molecule has 1 heterocycles. The highest BCUT2D eigenvalue weighted by molar-refractivity contribution is 6.02. The Morgan fingerprint density at radius 3 is 2.52 bits per heavy atom. The van der Waals surface area contributed by atoms with Crippen molar-refractivity contribution in [2.75, 3.05) is 5.32 Å². The molecule has 0 bridgehead atoms. The summed E-state index contributed by atoms with van der Waals surface area (Å²) >= 11 is 0. The number of benzene rings is 1. The zero-order valence-electron chi connectivity index (χ0n) is 13.8. The monoisotopic (exact) mass is 313 g/mol. The molecule has 0 spiro atoms. The van der Waals surface area contributed by atoms with Gasteiger partial charge in [-0.15, -0.1) is 0 Å². The lowest BCUT2D eigenvalue weighted by atomic mass is 9.83. The van der Waals surface area contributed by atoms with Crippen molar-refractivity contribution in [2.24, 2.45) is 11.1 Å². The minimum absolute atomic E-state index is 0.00924. The van der Waals surface area contributed by atoms with E-state index in [0.717, 1.165) is 29.9 Å². The highest BCUT2D eigenvalue weighted by Crippen LogP contribution is 2.40. The van der Waals surface area contributed by atoms with Crippen LogP contribution in [-0.4, -0.2) is 11.1 Å². The number of rotatable bonds is 4. The molecule has 1 amide bonds. The van der Waals surface area contributed by atoms with E-state index < -0.39 is 0 Å². The zero-order valence-corrected chi connectivity index (χ0v) is 13.8. The SMILES string of the molecule is CC(C)(C)C(N)c1ccc(NC(=O)c2cc(C3CC3)on2)cc1. The normalized spacial score (nSPS) is 16.2. The number of nitrogens with two attached hydrogens (primary N) is 1. The van der Waals surface area contributed by atoms with Crippen LogP contribution in [0.2, 0.25) is 0 Å². The van der Waals surface area contributed by atoms with E-state index >= 15 is 0 Å². The van der Waals surface area contributed by atoms with Gasteiger partial charge in [0, 0.05) is 23.7 Å². The molecule has 1 saturated carbocycles. The van der Waals surface area contributed by atoms with Gasteiger partial charge in [0.2, 0.25) is 0 Å². The van der Waals surface area contributed by atoms with Crippen molar-refractivity contribution < 1.29 is 9.32 Å². The second kappa shape index (κ2) is 5.81. The first kappa shape index (κ1) is 15.7. The molecule has 1 fully saturated rings. The Morgan fingerprint density at radius 2 is 1.96 bits per heavy atom. The summed E-state index contributed by atoms with van der Waals surface area (Å²) in [6, 6.07) is 9.30. The third kappa shape index (κ3) is 3.62. The second-order valence-corrected chi connectivity index (χ2v) is 7.31. The van der Waals surface area contributed by atoms with Crippen LogP contribution in [0.25, 0.3) is 0 Å². The Morgan fingerprint density at radius 1 is 1.30 bits per heavy atom. The number of hydrogen-bond donors (Lipinski definition) is 2. The Labute approximate surface area is 136 Å². The van der Waals surface area contributed by atoms with Crippen LogP contribution in [0.5, 0.6) is 0 Å². The molecule has 23 heavy (non-hydrogen) atoms. The Kier molecular flexibility index (Phi) is 3.98. The van der Waals surface area contributed by atoms with Gasteiger partial charge in [0.15, 0.2) is 5.69 Å². The summed E-state index contributed by atoms with van der Waals surface area (Å²) < 4.78 is 5.21. The van der Waals surface area contributed by atoms with Crippen LogP contribution in [0.1, 0.15) is 67.4 Å². The largest absolute Gasteiger partial charge is 0.360 e. The van der Waals surface area contributed by atoms with E-state index in [4.69, 9.17) is 10.3 Å². The first-order chi connectivity index (χ1) is 10.8. The van der Waals surface area contributed by atoms with Gasteiger partial charge in [0.25, 0.3) is 5.91 Å². The fraction of sp³-hybridized carbons (Fsp3) is 0.444. The van der Waals surface area contributed by atoms with Gasteiger partial charge in [0.05, 0.1) is 0 Å². The molecule has 0 radical (unpaired) electrons. The quantitative estimate of drug-likeness (QED) is 0.898. The van der Waals surface area contributed by atoms with Gasteiger partial charge in [0.1, 0.15) is 5.76 Å². The number of carbonyl (C=O) groups is 1. The van der Waals surface area contributed by atoms with E-state index in [0.29, 0.717) is 11.6 Å². The first-order valence-electron chi connectivity index (χ1n) is 7.98. The zero-order chi connectivity index (χ0) is 16.6. The summed E-state index contributed by atoms with van der Waals surface area (Å²) in [4.78, 5) is 12.2. The third-order valence-electron chi connectivity index (χ3n) is 4.20. The fourth-order valence-electron chi connectivity index (χ4n) is 2.43. The van der Waals surface area contributed by atoms with E-state index in [1.54, 1.807) is 6.07 Å². The van der Waals surface area contributed by atoms with Crippen LogP contribution in [-0.2, 0) is 0 Å². The van der Waals surface area contributed by atoms with Gasteiger partial charge in [-0.05, 0) is 36.0 Å². The summed E-state index contributed by atoms with van der Waals surface area (Å²) in [5.74, 6) is 0.998. The molecule has 3 N–H and O–H groups in total. The maximum Gasteiger partial charge on any atom is 0.277 e. The van der Waals surface area contributed by atoms with E-state index in [2.05, 4.69) is 31.2 Å². The van der Waals surface area contributed by atoms with Crippen LogP contribution < -0.4 is 11.1 Å². The average molecular weight is 313 g/mol. The molecule has 1 aliphatic rings. The van der Waals surface area contributed by atoms with Crippen molar-refractivity contribution in [1.29, 1.82) is 0 Å². The molecule has 1 unspecified atom stereocenters. The fourth-order valence-corrected chi connectivity index (χ4v) is 2.43. The van der Waals surface area contributed by atoms with Crippen molar-refractivity contribution in [2.45, 2.75) is 45.6 Å². The summed E-state index contributed by atoms with van der Waals surface area (Å²) in [7, 11) is 0. The van der Waals surface area contributed by atoms with E-state index in [-0.39, 0.29) is 17.4 Å². The molecule has 0 aliphatic heterocycles. The van der Waals surface area contributed by atoms with Crippen LogP contribution in [0, 0.1) is 5.41 Å². The molecule has 5 heteroatoms. The van der Waals surface area contributed by atoms with Crippen LogP contribution >= 0.6 is 0 Å². The van der Waals surface area contributed by atoms with Crippen molar-refractivity contribution in [1.82, 2.24) is 5.16 Å². The van der Waals surface area contributed by atoms with Crippen molar-refractivity contribution in [3.05, 3.63) is 47.3 Å². The highest BCUT2D eigenvalue weighted by Gasteiger charge is 2.29. The molecule has 122 valence electrons. The van der Waals surface area contributed by atoms with Gasteiger partial charge in [-0.25, -0.2) is 0 Å². The van der Waals surface area contributed by atoms with E-state index in [1.807, 2.05) is 24.3 Å². The minimum atomic E-state index is -0.256. The topological polar surface area (TPSA) is 81.1 Å². The highest BCUT2D eigenvalue weighted by atomic mass is 16.5. The maximum absolute atomic E-state index is 12.2. The lowest BCUT2D eigenvalue weighted by molar-refractivity contribution is 0.101. The smallest absolute Gasteiger partial charge is 0.277 e. The summed E-state index contributed by atoms with van der Waals surface area (Å²) in [6.07, 6.45) is 2.23. The molecule has 1 aromatic heterocycles. The number of amides is 1. The van der Waals surface area contributed by atoms with Gasteiger partial charge >= 0.3 is 0 Å². The number of carbonyl (C=O) groups excluding carboxylic acids is 1.